The van der Waals surface area contributed by atoms with E-state index in [4.69, 9.17) is 0 Å². The van der Waals surface area contributed by atoms with Crippen molar-refractivity contribution < 1.29 is 0 Å². The molecular weight excluding hydrogens is 206 g/mol. The quantitative estimate of drug-likeness (QED) is 0.539. The molecule has 0 aliphatic rings. The van der Waals surface area contributed by atoms with Crippen molar-refractivity contribution in [1.29, 1.82) is 0 Å². The summed E-state index contributed by atoms with van der Waals surface area (Å²) in [4.78, 5) is 11.9. The third-order valence-corrected chi connectivity index (χ3v) is 2.87. The van der Waals surface area contributed by atoms with Crippen molar-refractivity contribution in [2.45, 2.75) is 0 Å². The Kier molecular flexibility index (Phi) is 1.55. The number of hydrogen-bond acceptors (Lipinski definition) is 3. The molecule has 0 aromatic carbocycles. The van der Waals surface area contributed by atoms with E-state index < -0.39 is 0 Å². The SMILES string of the molecule is Cn1cc2c(n1)c1cnn(C)c(=O)c1n2C. The van der Waals surface area contributed by atoms with E-state index in [9.17, 15) is 4.79 Å². The van der Waals surface area contributed by atoms with Gasteiger partial charge in [-0.2, -0.15) is 10.2 Å². The molecule has 6 heteroatoms. The first-order valence-electron chi connectivity index (χ1n) is 4.93. The van der Waals surface area contributed by atoms with Crippen LogP contribution in [-0.2, 0) is 21.1 Å². The van der Waals surface area contributed by atoms with E-state index in [1.807, 2.05) is 24.9 Å². The van der Waals surface area contributed by atoms with Crippen LogP contribution in [0.15, 0.2) is 17.2 Å². The Balaban J connectivity index is 2.68. The summed E-state index contributed by atoms with van der Waals surface area (Å²) >= 11 is 0. The molecule has 3 aromatic rings. The van der Waals surface area contributed by atoms with Gasteiger partial charge < -0.3 is 4.57 Å². The van der Waals surface area contributed by atoms with Crippen molar-refractivity contribution in [2.24, 2.45) is 21.1 Å². The minimum Gasteiger partial charge on any atom is -0.336 e. The molecule has 0 spiro atoms. The minimum atomic E-state index is -0.0966. The van der Waals surface area contributed by atoms with Crippen molar-refractivity contribution in [2.75, 3.05) is 0 Å². The summed E-state index contributed by atoms with van der Waals surface area (Å²) in [6, 6.07) is 0. The molecule has 0 saturated heterocycles. The number of nitrogens with zero attached hydrogens (tertiary/aromatic N) is 5. The fourth-order valence-corrected chi connectivity index (χ4v) is 2.06. The van der Waals surface area contributed by atoms with Gasteiger partial charge in [-0.15, -0.1) is 0 Å². The first kappa shape index (κ1) is 9.14. The highest BCUT2D eigenvalue weighted by Crippen LogP contribution is 2.23. The standard InChI is InChI=1S/C10H11N5O/c1-13-5-7-8(12-13)6-4-11-15(3)10(16)9(6)14(7)2/h4-5H,1-3H3. The molecule has 3 heterocycles. The van der Waals surface area contributed by atoms with Gasteiger partial charge in [0.1, 0.15) is 11.0 Å². The molecule has 16 heavy (non-hydrogen) atoms. The summed E-state index contributed by atoms with van der Waals surface area (Å²) in [5, 5.41) is 9.17. The van der Waals surface area contributed by atoms with Crippen LogP contribution < -0.4 is 5.56 Å². The third-order valence-electron chi connectivity index (χ3n) is 2.87. The average molecular weight is 217 g/mol. The molecule has 0 unspecified atom stereocenters. The molecule has 0 atom stereocenters. The molecule has 0 amide bonds. The second-order valence-corrected chi connectivity index (χ2v) is 3.93. The van der Waals surface area contributed by atoms with Crippen LogP contribution in [0.3, 0.4) is 0 Å². The molecule has 0 aliphatic carbocycles. The molecule has 0 fully saturated rings. The van der Waals surface area contributed by atoms with Gasteiger partial charge >= 0.3 is 0 Å². The Morgan fingerprint density at radius 1 is 1.25 bits per heavy atom. The van der Waals surface area contributed by atoms with Crippen LogP contribution in [-0.4, -0.2) is 24.1 Å². The summed E-state index contributed by atoms with van der Waals surface area (Å²) in [5.74, 6) is 0. The van der Waals surface area contributed by atoms with Gasteiger partial charge in [-0.1, -0.05) is 0 Å². The Bertz CT molecular complexity index is 761. The van der Waals surface area contributed by atoms with Crippen LogP contribution in [0.2, 0.25) is 0 Å². The Labute approximate surface area is 90.7 Å². The number of aryl methyl sites for hydroxylation is 3. The van der Waals surface area contributed by atoms with Crippen LogP contribution in [0, 0.1) is 0 Å². The summed E-state index contributed by atoms with van der Waals surface area (Å²) in [6.45, 7) is 0. The van der Waals surface area contributed by atoms with Gasteiger partial charge in [-0.25, -0.2) is 4.68 Å². The van der Waals surface area contributed by atoms with Crippen LogP contribution in [0.5, 0.6) is 0 Å². The maximum atomic E-state index is 11.9. The first-order valence-corrected chi connectivity index (χ1v) is 4.93. The predicted molar refractivity (Wildman–Crippen MR) is 60.2 cm³/mol. The van der Waals surface area contributed by atoms with Crippen molar-refractivity contribution in [3.63, 3.8) is 0 Å². The maximum Gasteiger partial charge on any atom is 0.291 e. The van der Waals surface area contributed by atoms with Crippen LogP contribution in [0.4, 0.5) is 0 Å². The lowest BCUT2D eigenvalue weighted by molar-refractivity contribution is 0.712. The lowest BCUT2D eigenvalue weighted by Crippen LogP contribution is -2.20. The molecule has 0 N–H and O–H groups in total. The number of fused-ring (bicyclic) bond motifs is 3. The lowest BCUT2D eigenvalue weighted by Gasteiger charge is -1.98. The molecule has 3 aromatic heterocycles. The van der Waals surface area contributed by atoms with Crippen molar-refractivity contribution >= 4 is 21.9 Å². The van der Waals surface area contributed by atoms with Crippen molar-refractivity contribution in [3.8, 4) is 0 Å². The number of rotatable bonds is 0. The van der Waals surface area contributed by atoms with Gasteiger partial charge in [-0.05, 0) is 0 Å². The van der Waals surface area contributed by atoms with E-state index >= 15 is 0 Å². The van der Waals surface area contributed by atoms with Gasteiger partial charge in [0.2, 0.25) is 0 Å². The van der Waals surface area contributed by atoms with Crippen molar-refractivity contribution in [1.82, 2.24) is 24.1 Å². The highest BCUT2D eigenvalue weighted by atomic mass is 16.1. The summed E-state index contributed by atoms with van der Waals surface area (Å²) in [7, 11) is 5.38. The van der Waals surface area contributed by atoms with Gasteiger partial charge in [0.15, 0.2) is 0 Å². The van der Waals surface area contributed by atoms with Crippen LogP contribution >= 0.6 is 0 Å². The largest absolute Gasteiger partial charge is 0.336 e. The summed E-state index contributed by atoms with van der Waals surface area (Å²) in [6.07, 6.45) is 3.58. The highest BCUT2D eigenvalue weighted by molar-refractivity contribution is 6.04. The number of hydrogen-bond donors (Lipinski definition) is 0. The molecule has 0 bridgehead atoms. The molecule has 3 rings (SSSR count). The monoisotopic (exact) mass is 217 g/mol. The first-order chi connectivity index (χ1) is 7.59. The normalized spacial score (nSPS) is 11.7. The summed E-state index contributed by atoms with van der Waals surface area (Å²) in [5.41, 5.74) is 2.32. The molecule has 0 aliphatic heterocycles. The van der Waals surface area contributed by atoms with E-state index in [1.165, 1.54) is 4.68 Å². The smallest absolute Gasteiger partial charge is 0.291 e. The summed E-state index contributed by atoms with van der Waals surface area (Å²) < 4.78 is 4.93. The maximum absolute atomic E-state index is 11.9. The lowest BCUT2D eigenvalue weighted by atomic mass is 10.3. The second-order valence-electron chi connectivity index (χ2n) is 3.93. The Morgan fingerprint density at radius 2 is 2.00 bits per heavy atom. The Morgan fingerprint density at radius 3 is 2.75 bits per heavy atom. The van der Waals surface area contributed by atoms with Gasteiger partial charge in [-0.3, -0.25) is 9.48 Å². The van der Waals surface area contributed by atoms with E-state index in [-0.39, 0.29) is 5.56 Å². The second kappa shape index (κ2) is 2.72. The molecule has 0 radical (unpaired) electrons. The molecule has 82 valence electrons. The van der Waals surface area contributed by atoms with Crippen LogP contribution in [0.1, 0.15) is 0 Å². The Hall–Kier alpha value is -2.11. The topological polar surface area (TPSA) is 57.6 Å². The average Bonchev–Trinajstić information content (AvgIpc) is 2.72. The highest BCUT2D eigenvalue weighted by Gasteiger charge is 2.15. The minimum absolute atomic E-state index is 0.0966. The van der Waals surface area contributed by atoms with Gasteiger partial charge in [0, 0.05) is 27.3 Å². The zero-order chi connectivity index (χ0) is 11.4. The van der Waals surface area contributed by atoms with Crippen molar-refractivity contribution in [3.05, 3.63) is 22.7 Å². The van der Waals surface area contributed by atoms with E-state index in [1.54, 1.807) is 17.9 Å². The molecule has 0 saturated carbocycles. The zero-order valence-corrected chi connectivity index (χ0v) is 9.30. The van der Waals surface area contributed by atoms with E-state index in [2.05, 4.69) is 10.2 Å². The molecular formula is C10H11N5O. The van der Waals surface area contributed by atoms with Crippen LogP contribution in [0.25, 0.3) is 21.9 Å². The zero-order valence-electron chi connectivity index (χ0n) is 9.30. The predicted octanol–water partition coefficient (Wildman–Crippen LogP) is 0.159. The fourth-order valence-electron chi connectivity index (χ4n) is 2.06. The molecule has 6 nitrogen and oxygen atoms in total. The number of aromatic nitrogens is 5. The van der Waals surface area contributed by atoms with E-state index in [0.29, 0.717) is 5.52 Å². The third kappa shape index (κ3) is 0.932. The van der Waals surface area contributed by atoms with E-state index in [0.717, 1.165) is 16.4 Å². The van der Waals surface area contributed by atoms with Gasteiger partial charge in [0.05, 0.1) is 17.1 Å². The fraction of sp³-hybridized carbons (Fsp3) is 0.300. The van der Waals surface area contributed by atoms with Gasteiger partial charge in [0.25, 0.3) is 5.56 Å².